The van der Waals surface area contributed by atoms with Gasteiger partial charge in [0.2, 0.25) is 19.7 Å². The van der Waals surface area contributed by atoms with Crippen LogP contribution in [0, 0.1) is 118 Å². The summed E-state index contributed by atoms with van der Waals surface area (Å²) in [7, 11) is -6.76. The molecule has 0 fully saturated rings. The van der Waals surface area contributed by atoms with E-state index in [1.165, 1.54) is 93.2 Å². The van der Waals surface area contributed by atoms with Crippen molar-refractivity contribution in [2.24, 2.45) is 0 Å². The molecule has 0 N–H and O–H groups in total. The zero-order valence-corrected chi connectivity index (χ0v) is 66.4. The van der Waals surface area contributed by atoms with Crippen LogP contribution in [0.15, 0.2) is 339 Å². The first-order valence-corrected chi connectivity index (χ1v) is 38.9. The smallest absolute Gasteiger partial charge is 0.206 e. The third-order valence-corrected chi connectivity index (χ3v) is 21.1. The molecule has 0 radical (unpaired) electrons. The van der Waals surface area contributed by atoms with Crippen LogP contribution in [0.3, 0.4) is 0 Å². The third-order valence-electron chi connectivity index (χ3n) is 16.5. The molecule has 0 bridgehead atoms. The Labute approximate surface area is 628 Å². The van der Waals surface area contributed by atoms with Gasteiger partial charge in [-0.3, -0.25) is 0 Å². The van der Waals surface area contributed by atoms with Gasteiger partial charge in [0, 0.05) is 9.79 Å². The van der Waals surface area contributed by atoms with E-state index in [0.717, 1.165) is 40.2 Å². The molecule has 0 saturated heterocycles. The Morgan fingerprint density at radius 1 is 0.221 bits per heavy atom. The summed E-state index contributed by atoms with van der Waals surface area (Å²) in [4.78, 5) is 3.97. The van der Waals surface area contributed by atoms with E-state index < -0.39 is 19.7 Å². The molecule has 0 aliphatic rings. The predicted molar refractivity (Wildman–Crippen MR) is 442 cm³/mol. The van der Waals surface area contributed by atoms with Gasteiger partial charge in [-0.05, 0) is 255 Å². The number of rotatable bonds is 10. The first kappa shape index (κ1) is 82.9. The molecule has 0 heterocycles. The third kappa shape index (κ3) is 30.1. The molecule has 104 heavy (non-hydrogen) atoms. The van der Waals surface area contributed by atoms with Crippen LogP contribution in [0.2, 0.25) is 0 Å². The summed E-state index contributed by atoms with van der Waals surface area (Å²) in [5.74, 6) is 1.76. The van der Waals surface area contributed by atoms with Gasteiger partial charge in [-0.2, -0.15) is 0 Å². The lowest BCUT2D eigenvalue weighted by Crippen LogP contribution is -2.02. The van der Waals surface area contributed by atoms with E-state index >= 15 is 0 Å². The van der Waals surface area contributed by atoms with E-state index in [2.05, 4.69) is 254 Å². The van der Waals surface area contributed by atoms with E-state index in [9.17, 15) is 16.8 Å². The fourth-order valence-electron chi connectivity index (χ4n) is 9.95. The highest BCUT2D eigenvalue weighted by molar-refractivity contribution is 7.99. The molecule has 8 heteroatoms. The summed E-state index contributed by atoms with van der Waals surface area (Å²) in [6, 6.07) is 102. The van der Waals surface area contributed by atoms with Crippen molar-refractivity contribution in [2.75, 3.05) is 0 Å². The van der Waals surface area contributed by atoms with Gasteiger partial charge in [0.1, 0.15) is 11.5 Å². The summed E-state index contributed by atoms with van der Waals surface area (Å²) in [5.41, 5.74) is 23.9. The summed E-state index contributed by atoms with van der Waals surface area (Å²) < 4.78 is 54.9. The molecule has 13 aromatic carbocycles. The van der Waals surface area contributed by atoms with E-state index in [1.54, 1.807) is 96.7 Å². The minimum absolute atomic E-state index is 0.340. The molecule has 13 rings (SSSR count). The molecular formula is C96H104O5S3. The average Bonchev–Trinajstić information content (AvgIpc) is 0.813. The summed E-state index contributed by atoms with van der Waals surface area (Å²) >= 11 is 1.80. The molecule has 0 unspecified atom stereocenters. The molecular weight excluding hydrogens is 1330 g/mol. The fourth-order valence-corrected chi connectivity index (χ4v) is 13.5. The number of hydrogen-bond acceptors (Lipinski definition) is 6. The van der Waals surface area contributed by atoms with Gasteiger partial charge in [-0.25, -0.2) is 16.8 Å². The van der Waals surface area contributed by atoms with Crippen molar-refractivity contribution < 1.29 is 21.6 Å². The van der Waals surface area contributed by atoms with Crippen molar-refractivity contribution in [3.63, 3.8) is 0 Å². The van der Waals surface area contributed by atoms with Crippen LogP contribution in [0.4, 0.5) is 0 Å². The van der Waals surface area contributed by atoms with Crippen molar-refractivity contribution >= 4 is 31.4 Å². The van der Waals surface area contributed by atoms with Gasteiger partial charge in [0.05, 0.1) is 19.6 Å². The summed E-state index contributed by atoms with van der Waals surface area (Å²) in [6.45, 7) is 35.0. The molecule has 536 valence electrons. The number of sulfone groups is 2. The Morgan fingerprint density at radius 2 is 0.462 bits per heavy atom. The van der Waals surface area contributed by atoms with Crippen LogP contribution in [0.25, 0.3) is 0 Å². The maximum Gasteiger partial charge on any atom is 0.206 e. The Hall–Kier alpha value is -10.1. The van der Waals surface area contributed by atoms with E-state index in [-0.39, 0.29) is 0 Å². The predicted octanol–water partition coefficient (Wildman–Crippen LogP) is 25.9. The van der Waals surface area contributed by atoms with E-state index in [1.807, 2.05) is 88.4 Å². The molecule has 0 aliphatic carbocycles. The minimum Gasteiger partial charge on any atom is -0.457 e. The van der Waals surface area contributed by atoms with Crippen molar-refractivity contribution in [3.8, 4) is 11.5 Å². The fraction of sp³-hybridized carbons (Fsp3) is 0.188. The van der Waals surface area contributed by atoms with Crippen molar-refractivity contribution in [1.82, 2.24) is 0 Å². The second-order valence-corrected chi connectivity index (χ2v) is 31.8. The largest absolute Gasteiger partial charge is 0.457 e. The van der Waals surface area contributed by atoms with E-state index in [4.69, 9.17) is 4.74 Å². The maximum atomic E-state index is 12.3. The molecule has 0 atom stereocenters. The second kappa shape index (κ2) is 41.9. The highest BCUT2D eigenvalue weighted by atomic mass is 32.2. The lowest BCUT2D eigenvalue weighted by Gasteiger charge is -2.06. The van der Waals surface area contributed by atoms with Gasteiger partial charge >= 0.3 is 0 Å². The van der Waals surface area contributed by atoms with Crippen LogP contribution in [0.1, 0.15) is 106 Å². The zero-order valence-electron chi connectivity index (χ0n) is 63.9. The quantitative estimate of drug-likeness (QED) is 0.136. The molecule has 0 aliphatic heterocycles. The lowest BCUT2D eigenvalue weighted by atomic mass is 10.0. The topological polar surface area (TPSA) is 77.5 Å². The van der Waals surface area contributed by atoms with E-state index in [0.29, 0.717) is 19.6 Å². The van der Waals surface area contributed by atoms with Crippen molar-refractivity contribution in [2.45, 2.75) is 153 Å². The normalized spacial score (nSPS) is 10.4. The van der Waals surface area contributed by atoms with Crippen LogP contribution >= 0.6 is 11.8 Å². The van der Waals surface area contributed by atoms with Gasteiger partial charge in [0.25, 0.3) is 0 Å². The van der Waals surface area contributed by atoms with Gasteiger partial charge in [-0.15, -0.1) is 0 Å². The van der Waals surface area contributed by atoms with Gasteiger partial charge in [0.15, 0.2) is 0 Å². The first-order valence-electron chi connectivity index (χ1n) is 35.1. The number of ether oxygens (including phenoxy) is 1. The average molecular weight is 1430 g/mol. The zero-order chi connectivity index (χ0) is 75.8. The molecule has 0 amide bonds. The maximum absolute atomic E-state index is 12.3. The van der Waals surface area contributed by atoms with Crippen LogP contribution < -0.4 is 4.74 Å². The highest BCUT2D eigenvalue weighted by Crippen LogP contribution is 2.29. The van der Waals surface area contributed by atoms with Crippen LogP contribution in [-0.2, 0) is 26.1 Å². The van der Waals surface area contributed by atoms with Crippen LogP contribution in [0.5, 0.6) is 11.5 Å². The molecule has 0 spiro atoms. The molecule has 13 aromatic rings. The monoisotopic (exact) mass is 1430 g/mol. The number of aryl methyl sites for hydroxylation is 17. The highest BCUT2D eigenvalue weighted by Gasteiger charge is 2.18. The molecule has 0 saturated carbocycles. The Kier molecular flexibility index (Phi) is 33.4. The second-order valence-electron chi connectivity index (χ2n) is 26.8. The van der Waals surface area contributed by atoms with Crippen LogP contribution in [-0.4, -0.2) is 16.8 Å². The number of benzene rings is 13. The van der Waals surface area contributed by atoms with Gasteiger partial charge < -0.3 is 4.74 Å². The molecule has 0 aromatic heterocycles. The number of hydrogen-bond donors (Lipinski definition) is 0. The van der Waals surface area contributed by atoms with Gasteiger partial charge in [-0.1, -0.05) is 296 Å². The van der Waals surface area contributed by atoms with Crippen molar-refractivity contribution in [3.05, 3.63) is 415 Å². The minimum atomic E-state index is -3.38. The Balaban J connectivity index is 0.000000189. The summed E-state index contributed by atoms with van der Waals surface area (Å²) in [6.07, 6.45) is 1.03. The SMILES string of the molecule is Cc1ccc(C)c(C)c1.Cc1ccc(C)cc1.Cc1ccc(Cc2ccc(C)cc2)cc1.Cc1ccc(Oc2ccc(C)cc2)cc1.Cc1ccc(S(=O)(=O)c2ccc(C)cc2)cc1.Cc1ccc(Sc2ccc(C)cc2)cc1.Cc1cccc(C)c1.Cc1cccc(S(=O)(=O)c2cccc(C)c2)c1. The first-order chi connectivity index (χ1) is 49.5. The Morgan fingerprint density at radius 3 is 0.740 bits per heavy atom. The molecule has 5 nitrogen and oxygen atoms in total. The Bertz CT molecular complexity index is 4450. The standard InChI is InChI=1S/C15H16.2C14H14O2S.C14H14O.C14H14S.C9H12.2C8H10/c1-12-3-7-14(8-4-12)11-15-9-5-13(2)6-10-15;1-11-3-7-13(8-4-11)17(15,16)14-9-5-12(2)6-10-14;1-11-5-3-7-13(9-11)17(15,16)14-8-4-6-12(2)10-14;2*1-11-3-7-13(8-4-11)15-14-9-5-12(2)6-10-14;1-7-4-5-8(2)9(3)6-7;1-7-3-5-8(2)6-4-7;1-7-4-3-5-8(2)6-7/h3-10H,11H2,1-2H3;2*3-10H,1-2H3;2*3-10H,1-2H3;4-6H,1-3H3;2*3-6H,1-2H3. The van der Waals surface area contributed by atoms with Crippen molar-refractivity contribution in [1.29, 1.82) is 0 Å². The lowest BCUT2D eigenvalue weighted by molar-refractivity contribution is 0.482. The summed E-state index contributed by atoms with van der Waals surface area (Å²) in [5, 5.41) is 0.